The lowest BCUT2D eigenvalue weighted by Gasteiger charge is -2.29. The first-order valence-electron chi connectivity index (χ1n) is 8.69. The molecule has 1 aliphatic rings. The van der Waals surface area contributed by atoms with Crippen LogP contribution < -0.4 is 21.3 Å². The van der Waals surface area contributed by atoms with Gasteiger partial charge in [0.15, 0.2) is 5.13 Å². The van der Waals surface area contributed by atoms with Crippen LogP contribution in [-0.2, 0) is 25.6 Å². The van der Waals surface area contributed by atoms with Crippen LogP contribution in [0.25, 0.3) is 0 Å². The van der Waals surface area contributed by atoms with Crippen LogP contribution in [0.3, 0.4) is 0 Å². The Morgan fingerprint density at radius 2 is 2.00 bits per heavy atom. The van der Waals surface area contributed by atoms with Gasteiger partial charge in [-0.2, -0.15) is 0 Å². The van der Waals surface area contributed by atoms with Crippen LogP contribution in [0.1, 0.15) is 17.3 Å². The van der Waals surface area contributed by atoms with Crippen LogP contribution >= 0.6 is 22.9 Å². The fourth-order valence-electron chi connectivity index (χ4n) is 2.58. The number of alkyl halides is 1. The number of anilines is 1. The number of nitrogens with one attached hydrogen (secondary N) is 4. The highest BCUT2D eigenvalue weighted by atomic mass is 35.5. The number of thiazole rings is 1. The van der Waals surface area contributed by atoms with Crippen molar-refractivity contribution in [3.63, 3.8) is 0 Å². The molecule has 0 aliphatic carbocycles. The third-order valence-electron chi connectivity index (χ3n) is 4.07. The number of halogens is 1. The summed E-state index contributed by atoms with van der Waals surface area (Å²) in [5, 5.41) is 12.4. The SMILES string of the molecule is O=C(CCl)Nc1nc(CC(=O)N[C@@H](C(=O)NC2CNC2=O)c2ccccc2)cs1. The summed E-state index contributed by atoms with van der Waals surface area (Å²) in [7, 11) is 0. The summed E-state index contributed by atoms with van der Waals surface area (Å²) in [6, 6.07) is 7.19. The molecule has 0 spiro atoms. The van der Waals surface area contributed by atoms with Crippen molar-refractivity contribution in [2.45, 2.75) is 18.5 Å². The average molecular weight is 436 g/mol. The molecule has 0 bridgehead atoms. The lowest BCUT2D eigenvalue weighted by atomic mass is 10.0. The normalized spacial score (nSPS) is 16.2. The minimum absolute atomic E-state index is 0.0756. The molecule has 4 N–H and O–H groups in total. The molecule has 29 heavy (non-hydrogen) atoms. The molecule has 9 nitrogen and oxygen atoms in total. The maximum absolute atomic E-state index is 12.7. The maximum atomic E-state index is 12.7. The molecule has 152 valence electrons. The molecular formula is C18H18ClN5O4S. The molecule has 1 aromatic heterocycles. The van der Waals surface area contributed by atoms with Crippen LogP contribution in [-0.4, -0.2) is 47.1 Å². The third kappa shape index (κ3) is 5.52. The quantitative estimate of drug-likeness (QED) is 0.351. The molecule has 4 amide bonds. The molecule has 2 heterocycles. The number of nitrogens with zero attached hydrogens (tertiary/aromatic N) is 1. The molecule has 1 aliphatic heterocycles. The second-order valence-corrected chi connectivity index (χ2v) is 7.35. The first-order valence-corrected chi connectivity index (χ1v) is 10.1. The van der Waals surface area contributed by atoms with Crippen LogP contribution in [0.2, 0.25) is 0 Å². The lowest BCUT2D eigenvalue weighted by molar-refractivity contribution is -0.135. The Morgan fingerprint density at radius 1 is 1.24 bits per heavy atom. The second-order valence-electron chi connectivity index (χ2n) is 6.22. The summed E-state index contributed by atoms with van der Waals surface area (Å²) in [5.74, 6) is -1.74. The predicted molar refractivity (Wildman–Crippen MR) is 107 cm³/mol. The van der Waals surface area contributed by atoms with Crippen molar-refractivity contribution in [1.29, 1.82) is 0 Å². The van der Waals surface area contributed by atoms with Crippen molar-refractivity contribution in [1.82, 2.24) is 20.9 Å². The van der Waals surface area contributed by atoms with Crippen LogP contribution in [0, 0.1) is 0 Å². The molecule has 0 saturated carbocycles. The van der Waals surface area contributed by atoms with Gasteiger partial charge in [-0.1, -0.05) is 30.3 Å². The van der Waals surface area contributed by atoms with Gasteiger partial charge in [0, 0.05) is 11.9 Å². The summed E-state index contributed by atoms with van der Waals surface area (Å²) in [6.45, 7) is 0.357. The summed E-state index contributed by atoms with van der Waals surface area (Å²) in [6.07, 6.45) is -0.0756. The van der Waals surface area contributed by atoms with E-state index in [-0.39, 0.29) is 18.2 Å². The molecule has 3 rings (SSSR count). The summed E-state index contributed by atoms with van der Waals surface area (Å²) < 4.78 is 0. The van der Waals surface area contributed by atoms with E-state index in [1.807, 2.05) is 0 Å². The molecule has 1 aromatic carbocycles. The van der Waals surface area contributed by atoms with Gasteiger partial charge in [-0.15, -0.1) is 22.9 Å². The van der Waals surface area contributed by atoms with Gasteiger partial charge in [0.1, 0.15) is 18.0 Å². The van der Waals surface area contributed by atoms with E-state index >= 15 is 0 Å². The van der Waals surface area contributed by atoms with E-state index in [0.717, 1.165) is 0 Å². The molecule has 11 heteroatoms. The molecule has 1 fully saturated rings. The van der Waals surface area contributed by atoms with E-state index < -0.39 is 29.8 Å². The van der Waals surface area contributed by atoms with E-state index in [1.165, 1.54) is 11.3 Å². The van der Waals surface area contributed by atoms with Gasteiger partial charge >= 0.3 is 0 Å². The third-order valence-corrected chi connectivity index (χ3v) is 5.12. The summed E-state index contributed by atoms with van der Waals surface area (Å²) in [5.41, 5.74) is 1.04. The summed E-state index contributed by atoms with van der Waals surface area (Å²) in [4.78, 5) is 52.1. The Bertz CT molecular complexity index is 920. The molecule has 0 radical (unpaired) electrons. The van der Waals surface area contributed by atoms with Gasteiger partial charge in [-0.3, -0.25) is 19.2 Å². The monoisotopic (exact) mass is 435 g/mol. The number of hydrogen-bond donors (Lipinski definition) is 4. The lowest BCUT2D eigenvalue weighted by Crippen LogP contribution is -2.63. The number of aromatic nitrogens is 1. The maximum Gasteiger partial charge on any atom is 0.247 e. The smallest absolute Gasteiger partial charge is 0.247 e. The Balaban J connectivity index is 1.65. The zero-order valence-electron chi connectivity index (χ0n) is 15.1. The number of benzene rings is 1. The fourth-order valence-corrected chi connectivity index (χ4v) is 3.37. The van der Waals surface area contributed by atoms with Gasteiger partial charge in [0.2, 0.25) is 23.6 Å². The van der Waals surface area contributed by atoms with E-state index in [2.05, 4.69) is 26.3 Å². The van der Waals surface area contributed by atoms with E-state index in [1.54, 1.807) is 35.7 Å². The number of amides is 4. The Kier molecular flexibility index (Phi) is 6.78. The van der Waals surface area contributed by atoms with Crippen LogP contribution in [0.4, 0.5) is 5.13 Å². The highest BCUT2D eigenvalue weighted by Crippen LogP contribution is 2.17. The zero-order chi connectivity index (χ0) is 20.8. The summed E-state index contributed by atoms with van der Waals surface area (Å²) >= 11 is 6.61. The van der Waals surface area contributed by atoms with Gasteiger partial charge in [-0.25, -0.2) is 4.98 Å². The second kappa shape index (κ2) is 9.48. The van der Waals surface area contributed by atoms with Gasteiger partial charge in [-0.05, 0) is 5.56 Å². The topological polar surface area (TPSA) is 129 Å². The molecule has 2 atom stereocenters. The Hall–Kier alpha value is -2.98. The average Bonchev–Trinajstić information content (AvgIpc) is 3.15. The largest absolute Gasteiger partial charge is 0.352 e. The van der Waals surface area contributed by atoms with Gasteiger partial charge in [0.05, 0.1) is 12.1 Å². The highest BCUT2D eigenvalue weighted by Gasteiger charge is 2.32. The molecular weight excluding hydrogens is 418 g/mol. The predicted octanol–water partition coefficient (Wildman–Crippen LogP) is 0.335. The van der Waals surface area contributed by atoms with Gasteiger partial charge < -0.3 is 21.3 Å². The van der Waals surface area contributed by atoms with Crippen molar-refractivity contribution in [3.05, 3.63) is 47.0 Å². The van der Waals surface area contributed by atoms with Crippen LogP contribution in [0.5, 0.6) is 0 Å². The number of hydrogen-bond acceptors (Lipinski definition) is 6. The minimum Gasteiger partial charge on any atom is -0.352 e. The van der Waals surface area contributed by atoms with Gasteiger partial charge in [0.25, 0.3) is 0 Å². The Morgan fingerprint density at radius 3 is 2.62 bits per heavy atom. The van der Waals surface area contributed by atoms with Crippen molar-refractivity contribution >= 4 is 51.7 Å². The van der Waals surface area contributed by atoms with Crippen molar-refractivity contribution in [3.8, 4) is 0 Å². The first-order chi connectivity index (χ1) is 14.0. The zero-order valence-corrected chi connectivity index (χ0v) is 16.7. The van der Waals surface area contributed by atoms with Crippen molar-refractivity contribution < 1.29 is 19.2 Å². The number of β-lactam (4-membered cyclic amide) rings is 1. The number of carbonyl (C=O) groups excluding carboxylic acids is 4. The van der Waals surface area contributed by atoms with E-state index in [9.17, 15) is 19.2 Å². The number of rotatable bonds is 8. The fraction of sp³-hybridized carbons (Fsp3) is 0.278. The van der Waals surface area contributed by atoms with Crippen molar-refractivity contribution in [2.24, 2.45) is 0 Å². The number of carbonyl (C=O) groups is 4. The molecule has 2 aromatic rings. The van der Waals surface area contributed by atoms with E-state index in [4.69, 9.17) is 11.6 Å². The van der Waals surface area contributed by atoms with E-state index in [0.29, 0.717) is 22.9 Å². The van der Waals surface area contributed by atoms with Crippen LogP contribution in [0.15, 0.2) is 35.7 Å². The van der Waals surface area contributed by atoms with Crippen molar-refractivity contribution in [2.75, 3.05) is 17.7 Å². The standard InChI is InChI=1S/C18H18ClN5O4S/c19-7-14(26)24-18-21-11(9-29-18)6-13(25)23-15(10-4-2-1-3-5-10)17(28)22-12-8-20-16(12)27/h1-5,9,12,15H,6-8H2,(H,20,27)(H,22,28)(H,23,25)(H,21,24,26)/t12?,15-/m1/s1. The first kappa shape index (κ1) is 20.7. The minimum atomic E-state index is -0.953. The molecule has 1 unspecified atom stereocenters. The molecule has 1 saturated heterocycles. The Labute approximate surface area is 175 Å². The highest BCUT2D eigenvalue weighted by molar-refractivity contribution is 7.14.